The molecule has 1 aliphatic carbocycles. The number of aliphatic imine (C=N–C) groups is 1. The Hall–Kier alpha value is -2.94. The number of aromatic nitrogens is 2. The number of aliphatic hydroxyl groups excluding tert-OH is 1. The molecule has 2 aliphatic rings. The van der Waals surface area contributed by atoms with Gasteiger partial charge in [-0.2, -0.15) is 5.10 Å². The lowest BCUT2D eigenvalue weighted by atomic mass is 10.0. The number of primary amides is 1. The first-order valence-corrected chi connectivity index (χ1v) is 8.64. The monoisotopic (exact) mass is 358 g/mol. The van der Waals surface area contributed by atoms with Crippen molar-refractivity contribution < 1.29 is 14.5 Å². The second-order valence-electron chi connectivity index (χ2n) is 6.25. The number of hydrogen-bond donors (Lipinski definition) is 4. The van der Waals surface area contributed by atoms with Crippen molar-refractivity contribution in [2.45, 2.75) is 32.4 Å². The molecule has 2 heterocycles. The minimum absolute atomic E-state index is 0.248. The van der Waals surface area contributed by atoms with Gasteiger partial charge in [0.1, 0.15) is 24.6 Å². The average Bonchev–Trinajstić information content (AvgIpc) is 2.96. The normalized spacial score (nSPS) is 21.8. The molecule has 1 aromatic heterocycles. The molecule has 0 unspecified atom stereocenters. The lowest BCUT2D eigenvalue weighted by Crippen LogP contribution is -2.36. The van der Waals surface area contributed by atoms with E-state index in [4.69, 9.17) is 11.5 Å². The number of allylic oxidation sites excluding steroid dienone is 3. The Morgan fingerprint density at radius 3 is 2.81 bits per heavy atom. The third-order valence-corrected chi connectivity index (χ3v) is 4.47. The Bertz CT molecular complexity index is 822. The summed E-state index contributed by atoms with van der Waals surface area (Å²) in [6.07, 6.45) is 8.36. The highest BCUT2D eigenvalue weighted by molar-refractivity contribution is 6.21. The van der Waals surface area contributed by atoms with Gasteiger partial charge in [0, 0.05) is 31.5 Å². The van der Waals surface area contributed by atoms with Crippen LogP contribution in [0.3, 0.4) is 0 Å². The molecule has 26 heavy (non-hydrogen) atoms. The number of urea groups is 1. The highest BCUT2D eigenvalue weighted by Crippen LogP contribution is 2.23. The summed E-state index contributed by atoms with van der Waals surface area (Å²) in [5.74, 6) is 0.464. The molecule has 1 saturated heterocycles. The topological polar surface area (TPSA) is 135 Å². The van der Waals surface area contributed by atoms with Crippen LogP contribution in [0.5, 0.6) is 0 Å². The Labute approximate surface area is 151 Å². The Balaban J connectivity index is 1.94. The molecule has 1 aromatic rings. The number of nitrogens with one attached hydrogen (secondary N) is 1. The molecule has 0 spiro atoms. The van der Waals surface area contributed by atoms with Crippen LogP contribution in [-0.2, 0) is 6.54 Å². The van der Waals surface area contributed by atoms with Gasteiger partial charge < -0.3 is 21.9 Å². The number of carbonyl (C=O) groups is 1. The van der Waals surface area contributed by atoms with E-state index in [0.29, 0.717) is 29.5 Å². The highest BCUT2D eigenvalue weighted by atomic mass is 16.3. The molecule has 9 nitrogen and oxygen atoms in total. The molecular formula is C17H24N7O2+. The molecule has 1 aliphatic heterocycles. The van der Waals surface area contributed by atoms with Gasteiger partial charge >= 0.3 is 6.03 Å². The molecule has 6 N–H and O–H groups in total. The van der Waals surface area contributed by atoms with Crippen molar-refractivity contribution in [3.05, 3.63) is 30.1 Å². The Kier molecular flexibility index (Phi) is 5.17. The van der Waals surface area contributed by atoms with Crippen molar-refractivity contribution in [2.24, 2.45) is 10.7 Å². The van der Waals surface area contributed by atoms with Gasteiger partial charge in [0.2, 0.25) is 5.71 Å². The number of amides is 2. The van der Waals surface area contributed by atoms with E-state index in [9.17, 15) is 9.90 Å². The van der Waals surface area contributed by atoms with E-state index >= 15 is 0 Å². The second kappa shape index (κ2) is 7.52. The largest absolute Gasteiger partial charge is 0.393 e. The van der Waals surface area contributed by atoms with Crippen molar-refractivity contribution in [1.82, 2.24) is 15.1 Å². The first kappa shape index (κ1) is 17.9. The van der Waals surface area contributed by atoms with E-state index in [0.717, 1.165) is 31.6 Å². The lowest BCUT2D eigenvalue weighted by Gasteiger charge is -2.18. The minimum Gasteiger partial charge on any atom is -0.393 e. The zero-order valence-corrected chi connectivity index (χ0v) is 14.7. The van der Waals surface area contributed by atoms with Gasteiger partial charge in [-0.1, -0.05) is 0 Å². The highest BCUT2D eigenvalue weighted by Gasteiger charge is 2.24. The van der Waals surface area contributed by atoms with Crippen LogP contribution in [0.1, 0.15) is 19.8 Å². The van der Waals surface area contributed by atoms with E-state index in [1.54, 1.807) is 10.9 Å². The number of carbonyl (C=O) groups excluding carboxylic acids is 1. The molecule has 0 bridgehead atoms. The van der Waals surface area contributed by atoms with Crippen LogP contribution in [0, 0.1) is 0 Å². The second-order valence-corrected chi connectivity index (χ2v) is 6.25. The molecular weight excluding hydrogens is 334 g/mol. The fourth-order valence-corrected chi connectivity index (χ4v) is 3.03. The zero-order chi connectivity index (χ0) is 18.7. The number of nitrogens with two attached hydrogens (primary N) is 2. The van der Waals surface area contributed by atoms with Gasteiger partial charge in [0.15, 0.2) is 0 Å². The summed E-state index contributed by atoms with van der Waals surface area (Å²) in [5, 5.41) is 16.5. The number of nitrogen functional groups attached to an aromatic ring is 1. The predicted octanol–water partition coefficient (Wildman–Crippen LogP) is 0.288. The number of piperidine rings is 1. The maximum absolute atomic E-state index is 11.4. The lowest BCUT2D eigenvalue weighted by molar-refractivity contribution is -0.540. The van der Waals surface area contributed by atoms with Gasteiger partial charge in [-0.3, -0.25) is 0 Å². The first-order valence-electron chi connectivity index (χ1n) is 8.64. The van der Waals surface area contributed by atoms with Crippen molar-refractivity contribution in [3.8, 4) is 0 Å². The number of aryl methyl sites for hydroxylation is 1. The molecule has 2 amide bonds. The fourth-order valence-electron chi connectivity index (χ4n) is 3.03. The quantitative estimate of drug-likeness (QED) is 0.456. The van der Waals surface area contributed by atoms with Gasteiger partial charge in [0.25, 0.3) is 0 Å². The Morgan fingerprint density at radius 1 is 1.46 bits per heavy atom. The van der Waals surface area contributed by atoms with E-state index in [-0.39, 0.29) is 6.10 Å². The number of hydrogen-bond acceptors (Lipinski definition) is 5. The van der Waals surface area contributed by atoms with Crippen LogP contribution in [0.25, 0.3) is 0 Å². The van der Waals surface area contributed by atoms with Gasteiger partial charge in [0.05, 0.1) is 23.7 Å². The van der Waals surface area contributed by atoms with Crippen LogP contribution >= 0.6 is 0 Å². The van der Waals surface area contributed by atoms with Crippen molar-refractivity contribution in [3.63, 3.8) is 0 Å². The Morgan fingerprint density at radius 2 is 2.19 bits per heavy atom. The zero-order valence-electron chi connectivity index (χ0n) is 14.7. The van der Waals surface area contributed by atoms with Crippen LogP contribution < -0.4 is 16.8 Å². The summed E-state index contributed by atoms with van der Waals surface area (Å²) >= 11 is 0. The first-order chi connectivity index (χ1) is 12.5. The summed E-state index contributed by atoms with van der Waals surface area (Å²) in [4.78, 5) is 15.9. The summed E-state index contributed by atoms with van der Waals surface area (Å²) in [6, 6.07) is -0.662. The van der Waals surface area contributed by atoms with E-state index < -0.39 is 6.03 Å². The molecule has 3 rings (SSSR count). The summed E-state index contributed by atoms with van der Waals surface area (Å²) in [6.45, 7) is 4.10. The molecule has 0 radical (unpaired) electrons. The SMILES string of the molecule is CCn1ncc(/N=C2/C=CC(=[N+]3CCC(O)CC3)C=C2NC(N)=O)c1N. The summed E-state index contributed by atoms with van der Waals surface area (Å²) in [7, 11) is 0. The van der Waals surface area contributed by atoms with E-state index in [1.807, 2.05) is 25.2 Å². The summed E-state index contributed by atoms with van der Waals surface area (Å²) < 4.78 is 3.81. The van der Waals surface area contributed by atoms with Crippen LogP contribution in [0.15, 0.2) is 35.1 Å². The third-order valence-electron chi connectivity index (χ3n) is 4.47. The molecule has 0 aromatic carbocycles. The number of nitrogens with zero attached hydrogens (tertiary/aromatic N) is 4. The standard InChI is InChI=1S/C17H23N7O2/c1-2-24-16(18)15(10-20-24)21-13-4-3-11(9-14(13)22-17(19)26)23-7-5-12(25)6-8-23/h3-4,9-10,12,25H,2,5-8H2,1H3,(H4,18,19,20,22,26)/p+1. The third kappa shape index (κ3) is 3.83. The maximum atomic E-state index is 11.4. The van der Waals surface area contributed by atoms with Crippen LogP contribution in [0.4, 0.5) is 16.3 Å². The average molecular weight is 358 g/mol. The maximum Gasteiger partial charge on any atom is 0.316 e. The molecule has 0 saturated carbocycles. The van der Waals surface area contributed by atoms with Crippen molar-refractivity contribution in [1.29, 1.82) is 0 Å². The van der Waals surface area contributed by atoms with Crippen LogP contribution in [0.2, 0.25) is 0 Å². The molecule has 1 fully saturated rings. The van der Waals surface area contributed by atoms with Gasteiger partial charge in [-0.25, -0.2) is 19.0 Å². The fraction of sp³-hybridized carbons (Fsp3) is 0.412. The minimum atomic E-state index is -0.662. The van der Waals surface area contributed by atoms with E-state index in [1.165, 1.54) is 0 Å². The number of rotatable bonds is 3. The summed E-state index contributed by atoms with van der Waals surface area (Å²) in [5.41, 5.74) is 13.9. The van der Waals surface area contributed by atoms with Crippen molar-refractivity contribution >= 4 is 29.0 Å². The molecule has 9 heteroatoms. The number of aliphatic hydroxyl groups is 1. The number of anilines is 1. The van der Waals surface area contributed by atoms with Crippen LogP contribution in [-0.4, -0.2) is 56.1 Å². The van der Waals surface area contributed by atoms with E-state index in [2.05, 4.69) is 20.0 Å². The predicted molar refractivity (Wildman–Crippen MR) is 99.6 cm³/mol. The molecule has 138 valence electrons. The van der Waals surface area contributed by atoms with Crippen molar-refractivity contribution in [2.75, 3.05) is 18.8 Å². The van der Waals surface area contributed by atoms with Gasteiger partial charge in [-0.05, 0) is 13.0 Å². The molecule has 0 atom stereocenters. The van der Waals surface area contributed by atoms with Gasteiger partial charge in [-0.15, -0.1) is 0 Å². The smallest absolute Gasteiger partial charge is 0.316 e.